The Kier molecular flexibility index (Phi) is 2.29. The van der Waals surface area contributed by atoms with Crippen molar-refractivity contribution in [3.63, 3.8) is 0 Å². The van der Waals surface area contributed by atoms with E-state index in [1.54, 1.807) is 0 Å². The maximum atomic E-state index is 2.80. The smallest absolute Gasteiger partial charge is 0.0136 e. The summed E-state index contributed by atoms with van der Waals surface area (Å²) in [5.41, 5.74) is 0. The van der Waals surface area contributed by atoms with Gasteiger partial charge in [0.25, 0.3) is 0 Å². The molecule has 0 spiro atoms. The topological polar surface area (TPSA) is 6.48 Å². The summed E-state index contributed by atoms with van der Waals surface area (Å²) in [5, 5.41) is 0. The van der Waals surface area contributed by atoms with Gasteiger partial charge in [0.15, 0.2) is 0 Å². The summed E-state index contributed by atoms with van der Waals surface area (Å²) in [6, 6.07) is 0.947. The van der Waals surface area contributed by atoms with Crippen LogP contribution < -0.4 is 0 Å². The molecule has 0 aliphatic carbocycles. The third-order valence-corrected chi connectivity index (χ3v) is 4.45. The number of piperidine rings is 3. The van der Waals surface area contributed by atoms with Crippen LogP contribution in [0.3, 0.4) is 0 Å². The highest BCUT2D eigenvalue weighted by molar-refractivity contribution is 4.94. The van der Waals surface area contributed by atoms with E-state index < -0.39 is 0 Å². The SMILES string of the molecule is CN1C[C@@H]2C[C@H](C1)C1CCCCN1C2. The molecule has 0 aromatic rings. The Labute approximate surface area is 87.3 Å². The van der Waals surface area contributed by atoms with Gasteiger partial charge in [0, 0.05) is 25.7 Å². The van der Waals surface area contributed by atoms with Gasteiger partial charge >= 0.3 is 0 Å². The molecule has 1 unspecified atom stereocenters. The number of nitrogens with zero attached hydrogens (tertiary/aromatic N) is 2. The average molecular weight is 194 g/mol. The molecule has 3 saturated heterocycles. The van der Waals surface area contributed by atoms with Crippen LogP contribution in [0.4, 0.5) is 0 Å². The van der Waals surface area contributed by atoms with E-state index in [0.717, 1.165) is 17.9 Å². The van der Waals surface area contributed by atoms with Crippen LogP contribution in [0.15, 0.2) is 0 Å². The van der Waals surface area contributed by atoms with E-state index in [1.165, 1.54) is 51.9 Å². The van der Waals surface area contributed by atoms with Crippen molar-refractivity contribution in [1.82, 2.24) is 9.80 Å². The van der Waals surface area contributed by atoms with E-state index in [2.05, 4.69) is 16.8 Å². The lowest BCUT2D eigenvalue weighted by Crippen LogP contribution is -2.58. The summed E-state index contributed by atoms with van der Waals surface area (Å²) in [5.74, 6) is 1.97. The molecule has 0 N–H and O–H groups in total. The minimum Gasteiger partial charge on any atom is -0.306 e. The second-order valence-electron chi connectivity index (χ2n) is 5.64. The average Bonchev–Trinajstić information content (AvgIpc) is 2.17. The molecule has 3 atom stereocenters. The molecule has 3 aliphatic rings. The Morgan fingerprint density at radius 2 is 2.00 bits per heavy atom. The molecule has 0 radical (unpaired) electrons. The minimum absolute atomic E-state index is 0.947. The van der Waals surface area contributed by atoms with Crippen LogP contribution in [-0.4, -0.2) is 49.1 Å². The van der Waals surface area contributed by atoms with Gasteiger partial charge in [0.1, 0.15) is 0 Å². The maximum Gasteiger partial charge on any atom is 0.0136 e. The minimum atomic E-state index is 0.947. The van der Waals surface area contributed by atoms with Gasteiger partial charge in [-0.2, -0.15) is 0 Å². The molecule has 14 heavy (non-hydrogen) atoms. The molecule has 0 aromatic carbocycles. The maximum absolute atomic E-state index is 2.80. The molecule has 0 aromatic heterocycles. The lowest BCUT2D eigenvalue weighted by molar-refractivity contribution is -0.0231. The molecule has 2 bridgehead atoms. The second kappa shape index (κ2) is 3.49. The van der Waals surface area contributed by atoms with Crippen molar-refractivity contribution < 1.29 is 0 Å². The van der Waals surface area contributed by atoms with E-state index in [4.69, 9.17) is 0 Å². The Bertz CT molecular complexity index is 214. The fourth-order valence-corrected chi connectivity index (χ4v) is 4.01. The van der Waals surface area contributed by atoms with Crippen LogP contribution in [-0.2, 0) is 0 Å². The van der Waals surface area contributed by atoms with Gasteiger partial charge in [0.05, 0.1) is 0 Å². The number of rotatable bonds is 0. The number of hydrogen-bond donors (Lipinski definition) is 0. The molecule has 3 fully saturated rings. The molecular weight excluding hydrogens is 172 g/mol. The van der Waals surface area contributed by atoms with Crippen LogP contribution >= 0.6 is 0 Å². The largest absolute Gasteiger partial charge is 0.306 e. The van der Waals surface area contributed by atoms with Gasteiger partial charge in [-0.1, -0.05) is 6.42 Å². The van der Waals surface area contributed by atoms with Crippen LogP contribution in [0.2, 0.25) is 0 Å². The molecule has 3 heterocycles. The van der Waals surface area contributed by atoms with Crippen molar-refractivity contribution in [3.8, 4) is 0 Å². The fraction of sp³-hybridized carbons (Fsp3) is 1.00. The summed E-state index contributed by atoms with van der Waals surface area (Å²) >= 11 is 0. The Morgan fingerprint density at radius 1 is 1.07 bits per heavy atom. The molecule has 3 aliphatic heterocycles. The van der Waals surface area contributed by atoms with Crippen molar-refractivity contribution in [2.24, 2.45) is 11.8 Å². The molecule has 3 rings (SSSR count). The second-order valence-corrected chi connectivity index (χ2v) is 5.64. The zero-order valence-corrected chi connectivity index (χ0v) is 9.28. The van der Waals surface area contributed by atoms with Crippen LogP contribution in [0.25, 0.3) is 0 Å². The summed E-state index contributed by atoms with van der Waals surface area (Å²) in [4.78, 5) is 5.36. The standard InChI is InChI=1S/C12H22N2/c1-13-7-10-6-11(9-13)12-4-2-3-5-14(12)8-10/h10-12H,2-9H2,1H3/t10-,11+,12?/m0/s1. The van der Waals surface area contributed by atoms with E-state index in [-0.39, 0.29) is 0 Å². The summed E-state index contributed by atoms with van der Waals surface area (Å²) in [6.45, 7) is 5.49. The fourth-order valence-electron chi connectivity index (χ4n) is 4.01. The highest BCUT2D eigenvalue weighted by Crippen LogP contribution is 2.36. The van der Waals surface area contributed by atoms with Crippen LogP contribution in [0, 0.1) is 11.8 Å². The molecule has 0 saturated carbocycles. The van der Waals surface area contributed by atoms with Gasteiger partial charge < -0.3 is 4.90 Å². The lowest BCUT2D eigenvalue weighted by Gasteiger charge is -2.52. The highest BCUT2D eigenvalue weighted by Gasteiger charge is 2.40. The number of fused-ring (bicyclic) bond motifs is 4. The first-order valence-corrected chi connectivity index (χ1v) is 6.25. The highest BCUT2D eigenvalue weighted by atomic mass is 15.2. The zero-order valence-electron chi connectivity index (χ0n) is 9.28. The van der Waals surface area contributed by atoms with Gasteiger partial charge in [0.2, 0.25) is 0 Å². The first-order chi connectivity index (χ1) is 6.83. The molecular formula is C12H22N2. The van der Waals surface area contributed by atoms with Gasteiger partial charge in [-0.3, -0.25) is 4.90 Å². The normalized spacial score (nSPS) is 44.8. The first-order valence-electron chi connectivity index (χ1n) is 6.25. The number of likely N-dealkylation sites (tertiary alicyclic amines) is 1. The van der Waals surface area contributed by atoms with E-state index >= 15 is 0 Å². The zero-order chi connectivity index (χ0) is 9.54. The van der Waals surface area contributed by atoms with E-state index in [9.17, 15) is 0 Å². The predicted molar refractivity (Wildman–Crippen MR) is 58.3 cm³/mol. The van der Waals surface area contributed by atoms with Crippen LogP contribution in [0.1, 0.15) is 25.7 Å². The van der Waals surface area contributed by atoms with E-state index in [1.807, 2.05) is 0 Å². The Hall–Kier alpha value is -0.0800. The summed E-state index contributed by atoms with van der Waals surface area (Å²) in [6.07, 6.45) is 5.93. The summed E-state index contributed by atoms with van der Waals surface area (Å²) in [7, 11) is 2.30. The van der Waals surface area contributed by atoms with Gasteiger partial charge in [-0.05, 0) is 44.7 Å². The van der Waals surface area contributed by atoms with Crippen molar-refractivity contribution in [2.45, 2.75) is 31.7 Å². The number of hydrogen-bond acceptors (Lipinski definition) is 2. The predicted octanol–water partition coefficient (Wildman–Crippen LogP) is 1.42. The van der Waals surface area contributed by atoms with Crippen molar-refractivity contribution in [2.75, 3.05) is 33.2 Å². The molecule has 2 heteroatoms. The van der Waals surface area contributed by atoms with Crippen molar-refractivity contribution >= 4 is 0 Å². The van der Waals surface area contributed by atoms with Gasteiger partial charge in [-0.25, -0.2) is 0 Å². The third-order valence-electron chi connectivity index (χ3n) is 4.45. The first kappa shape index (κ1) is 9.17. The van der Waals surface area contributed by atoms with Crippen LogP contribution in [0.5, 0.6) is 0 Å². The Balaban J connectivity index is 1.76. The molecule has 2 nitrogen and oxygen atoms in total. The third kappa shape index (κ3) is 1.49. The van der Waals surface area contributed by atoms with Gasteiger partial charge in [-0.15, -0.1) is 0 Å². The van der Waals surface area contributed by atoms with E-state index in [0.29, 0.717) is 0 Å². The lowest BCUT2D eigenvalue weighted by atomic mass is 9.76. The van der Waals surface area contributed by atoms with Crippen molar-refractivity contribution in [1.29, 1.82) is 0 Å². The van der Waals surface area contributed by atoms with Crippen molar-refractivity contribution in [3.05, 3.63) is 0 Å². The summed E-state index contributed by atoms with van der Waals surface area (Å²) < 4.78 is 0. The molecule has 80 valence electrons. The molecule has 0 amide bonds. The monoisotopic (exact) mass is 194 g/mol. The Morgan fingerprint density at radius 3 is 2.93 bits per heavy atom. The quantitative estimate of drug-likeness (QED) is 0.575.